The van der Waals surface area contributed by atoms with Crippen molar-refractivity contribution < 1.29 is 22.3 Å². The molecular formula is C30H34FN3O4S2. The highest BCUT2D eigenvalue weighted by molar-refractivity contribution is 7.89. The van der Waals surface area contributed by atoms with E-state index >= 15 is 4.39 Å². The molecule has 3 fully saturated rings. The number of benzene rings is 2. The number of thiophene rings is 1. The van der Waals surface area contributed by atoms with Crippen molar-refractivity contribution in [3.63, 3.8) is 0 Å². The molecule has 0 radical (unpaired) electrons. The highest BCUT2D eigenvalue weighted by Crippen LogP contribution is 2.53. The van der Waals surface area contributed by atoms with Crippen molar-refractivity contribution in [2.45, 2.75) is 24.7 Å². The van der Waals surface area contributed by atoms with E-state index < -0.39 is 10.0 Å². The summed E-state index contributed by atoms with van der Waals surface area (Å²) in [5, 5.41) is 1.86. The number of carbonyl (C=O) groups excluding carboxylic acids is 1. The fourth-order valence-corrected chi connectivity index (χ4v) is 8.21. The van der Waals surface area contributed by atoms with Crippen molar-refractivity contribution in [3.8, 4) is 0 Å². The number of nitrogens with zero attached hydrogens (tertiary/aromatic N) is 3. The minimum absolute atomic E-state index is 0.159. The third kappa shape index (κ3) is 5.18. The number of rotatable bonds is 8. The molecule has 0 spiro atoms. The molecule has 7 nitrogen and oxygen atoms in total. The summed E-state index contributed by atoms with van der Waals surface area (Å²) < 4.78 is 48.9. The van der Waals surface area contributed by atoms with Crippen LogP contribution < -0.4 is 9.80 Å². The third-order valence-electron chi connectivity index (χ3n) is 8.49. The van der Waals surface area contributed by atoms with Gasteiger partial charge in [-0.15, -0.1) is 11.3 Å². The van der Waals surface area contributed by atoms with Crippen LogP contribution in [0.3, 0.4) is 0 Å². The second-order valence-electron chi connectivity index (χ2n) is 11.2. The van der Waals surface area contributed by atoms with Gasteiger partial charge in [0.15, 0.2) is 0 Å². The van der Waals surface area contributed by atoms with Gasteiger partial charge in [0.1, 0.15) is 5.82 Å². The van der Waals surface area contributed by atoms with Gasteiger partial charge in [-0.1, -0.05) is 32.0 Å². The lowest BCUT2D eigenvalue weighted by Gasteiger charge is -2.30. The van der Waals surface area contributed by atoms with E-state index in [2.05, 4.69) is 13.8 Å². The minimum Gasteiger partial charge on any atom is -0.378 e. The summed E-state index contributed by atoms with van der Waals surface area (Å²) >= 11 is 1.36. The van der Waals surface area contributed by atoms with Crippen LogP contribution in [0.4, 0.5) is 15.8 Å². The van der Waals surface area contributed by atoms with Crippen LogP contribution in [0.1, 0.15) is 35.0 Å². The average Bonchev–Trinajstić information content (AvgIpc) is 3.35. The summed E-state index contributed by atoms with van der Waals surface area (Å²) in [5.74, 6) is 0.344. The number of halogens is 1. The van der Waals surface area contributed by atoms with Gasteiger partial charge in [0, 0.05) is 38.4 Å². The quantitative estimate of drug-likeness (QED) is 0.371. The third-order valence-corrected chi connectivity index (χ3v) is 11.2. The Hall–Kier alpha value is -2.79. The topological polar surface area (TPSA) is 70.2 Å². The summed E-state index contributed by atoms with van der Waals surface area (Å²) in [6.07, 6.45) is 0. The van der Waals surface area contributed by atoms with Crippen molar-refractivity contribution >= 4 is 38.6 Å². The molecule has 40 heavy (non-hydrogen) atoms. The van der Waals surface area contributed by atoms with Gasteiger partial charge in [-0.05, 0) is 71.0 Å². The summed E-state index contributed by atoms with van der Waals surface area (Å²) in [4.78, 5) is 18.1. The number of morpholine rings is 1. The van der Waals surface area contributed by atoms with E-state index in [1.165, 1.54) is 17.4 Å². The lowest BCUT2D eigenvalue weighted by atomic mass is 10.0. The van der Waals surface area contributed by atoms with Crippen LogP contribution in [0.5, 0.6) is 0 Å². The van der Waals surface area contributed by atoms with E-state index in [4.69, 9.17) is 4.74 Å². The Bertz CT molecular complexity index is 1460. The predicted molar refractivity (Wildman–Crippen MR) is 155 cm³/mol. The SMILES string of the molecule is CC(C)c1ccc(S(=O)(=O)N2CC3C(CN(C(=O)c4cccs4)c4ccc(N5CCOCC5)c(F)c4)C3C2)cc1. The molecule has 212 valence electrons. The molecule has 2 aromatic carbocycles. The van der Waals surface area contributed by atoms with E-state index in [9.17, 15) is 13.2 Å². The fourth-order valence-electron chi connectivity index (χ4n) is 6.03. The lowest BCUT2D eigenvalue weighted by Crippen LogP contribution is -2.37. The van der Waals surface area contributed by atoms with Gasteiger partial charge in [-0.2, -0.15) is 4.31 Å². The monoisotopic (exact) mass is 583 g/mol. The van der Waals surface area contributed by atoms with Crippen LogP contribution in [0.15, 0.2) is 64.9 Å². The van der Waals surface area contributed by atoms with Crippen LogP contribution >= 0.6 is 11.3 Å². The van der Waals surface area contributed by atoms with E-state index in [0.29, 0.717) is 73.0 Å². The van der Waals surface area contributed by atoms with E-state index in [1.807, 2.05) is 34.5 Å². The molecule has 2 unspecified atom stereocenters. The molecule has 3 heterocycles. The van der Waals surface area contributed by atoms with Crippen molar-refractivity contribution in [1.82, 2.24) is 4.31 Å². The minimum atomic E-state index is -3.57. The summed E-state index contributed by atoms with van der Waals surface area (Å²) in [5.41, 5.74) is 2.14. The number of carbonyl (C=O) groups is 1. The zero-order valence-corrected chi connectivity index (χ0v) is 24.3. The van der Waals surface area contributed by atoms with E-state index in [-0.39, 0.29) is 29.5 Å². The maximum absolute atomic E-state index is 15.3. The van der Waals surface area contributed by atoms with Gasteiger partial charge in [0.2, 0.25) is 10.0 Å². The van der Waals surface area contributed by atoms with Crippen LogP contribution in [-0.4, -0.2) is 64.6 Å². The second kappa shape index (κ2) is 10.9. The Morgan fingerprint density at radius 1 is 1.07 bits per heavy atom. The van der Waals surface area contributed by atoms with Gasteiger partial charge in [-0.3, -0.25) is 4.79 Å². The molecule has 1 aromatic heterocycles. The highest BCUT2D eigenvalue weighted by atomic mass is 32.2. The number of piperidine rings is 1. The number of amides is 1. The number of hydrogen-bond donors (Lipinski definition) is 0. The Balaban J connectivity index is 1.17. The second-order valence-corrected chi connectivity index (χ2v) is 14.1. The van der Waals surface area contributed by atoms with Gasteiger partial charge < -0.3 is 14.5 Å². The first-order valence-electron chi connectivity index (χ1n) is 13.8. The molecule has 10 heteroatoms. The Morgan fingerprint density at radius 3 is 2.38 bits per heavy atom. The first-order chi connectivity index (χ1) is 19.2. The van der Waals surface area contributed by atoms with Crippen LogP contribution in [0, 0.1) is 23.6 Å². The molecule has 3 aromatic rings. The summed E-state index contributed by atoms with van der Waals surface area (Å²) in [6, 6.07) is 15.8. The maximum Gasteiger partial charge on any atom is 0.268 e. The van der Waals surface area contributed by atoms with Crippen molar-refractivity contribution in [1.29, 1.82) is 0 Å². The molecule has 2 atom stereocenters. The number of fused-ring (bicyclic) bond motifs is 1. The molecule has 0 bridgehead atoms. The summed E-state index contributed by atoms with van der Waals surface area (Å²) in [7, 11) is -3.57. The van der Waals surface area contributed by atoms with Gasteiger partial charge in [-0.25, -0.2) is 12.8 Å². The molecule has 1 amide bonds. The Labute approximate surface area is 239 Å². The number of sulfonamides is 1. The molecule has 2 aliphatic heterocycles. The first-order valence-corrected chi connectivity index (χ1v) is 16.1. The predicted octanol–water partition coefficient (Wildman–Crippen LogP) is 5.06. The lowest BCUT2D eigenvalue weighted by molar-refractivity contribution is 0.0988. The zero-order chi connectivity index (χ0) is 28.0. The smallest absolute Gasteiger partial charge is 0.268 e. The Kier molecular flexibility index (Phi) is 7.45. The molecule has 1 aliphatic carbocycles. The maximum atomic E-state index is 15.3. The van der Waals surface area contributed by atoms with Crippen LogP contribution in [0.25, 0.3) is 0 Å². The van der Waals surface area contributed by atoms with Crippen LogP contribution in [-0.2, 0) is 14.8 Å². The first kappa shape index (κ1) is 27.4. The summed E-state index contributed by atoms with van der Waals surface area (Å²) in [6.45, 7) is 7.84. The molecule has 1 saturated carbocycles. The molecule has 6 rings (SSSR count). The van der Waals surface area contributed by atoms with Crippen molar-refractivity contribution in [2.24, 2.45) is 17.8 Å². The molecule has 2 saturated heterocycles. The molecule has 3 aliphatic rings. The fraction of sp³-hybridized carbons (Fsp3) is 0.433. The van der Waals surface area contributed by atoms with Gasteiger partial charge >= 0.3 is 0 Å². The highest BCUT2D eigenvalue weighted by Gasteiger charge is 2.58. The van der Waals surface area contributed by atoms with Crippen molar-refractivity contribution in [3.05, 3.63) is 76.2 Å². The van der Waals surface area contributed by atoms with Gasteiger partial charge in [0.25, 0.3) is 5.91 Å². The average molecular weight is 584 g/mol. The normalized spacial score (nSPS) is 22.9. The Morgan fingerprint density at radius 2 is 1.77 bits per heavy atom. The number of hydrogen-bond acceptors (Lipinski definition) is 6. The largest absolute Gasteiger partial charge is 0.378 e. The van der Waals surface area contributed by atoms with Crippen LogP contribution in [0.2, 0.25) is 0 Å². The molecular weight excluding hydrogens is 549 g/mol. The number of ether oxygens (including phenoxy) is 1. The number of anilines is 2. The zero-order valence-electron chi connectivity index (χ0n) is 22.7. The van der Waals surface area contributed by atoms with E-state index in [1.54, 1.807) is 33.5 Å². The standard InChI is InChI=1S/C30H34FN3O4S2/c1-20(2)21-5-8-23(9-6-21)40(36,37)33-17-24-25(18-33)26(24)19-34(30(35)29-4-3-15-39-29)22-7-10-28(27(31)16-22)32-11-13-38-14-12-32/h3-10,15-16,20,24-26H,11-14,17-19H2,1-2H3. The molecule has 0 N–H and O–H groups in total. The van der Waals surface area contributed by atoms with Gasteiger partial charge in [0.05, 0.1) is 28.7 Å². The van der Waals surface area contributed by atoms with Crippen molar-refractivity contribution in [2.75, 3.05) is 55.7 Å². The van der Waals surface area contributed by atoms with E-state index in [0.717, 1.165) is 5.56 Å².